The van der Waals surface area contributed by atoms with E-state index in [0.29, 0.717) is 23.9 Å². The Balaban J connectivity index is 1.61. The lowest BCUT2D eigenvalue weighted by molar-refractivity contribution is 0.262. The quantitative estimate of drug-likeness (QED) is 0.734. The largest absolute Gasteiger partial charge is 0.494 e. The van der Waals surface area contributed by atoms with Gasteiger partial charge in [-0.15, -0.1) is 0 Å². The van der Waals surface area contributed by atoms with Gasteiger partial charge in [0.2, 0.25) is 5.95 Å². The van der Waals surface area contributed by atoms with Crippen LogP contribution in [-0.2, 0) is 0 Å². The average Bonchev–Trinajstić information content (AvgIpc) is 2.97. The summed E-state index contributed by atoms with van der Waals surface area (Å²) in [6, 6.07) is 6.77. The van der Waals surface area contributed by atoms with E-state index >= 15 is 0 Å². The van der Waals surface area contributed by atoms with Crippen LogP contribution >= 0.6 is 0 Å². The Morgan fingerprint density at radius 2 is 1.69 bits per heavy atom. The first kappa shape index (κ1) is 17.4. The fourth-order valence-corrected chi connectivity index (χ4v) is 2.31. The highest BCUT2D eigenvalue weighted by Gasteiger charge is 2.08. The maximum atomic E-state index is 12.1. The number of urea groups is 1. The number of carbonyl (C=O) groups excluding carboxylic acids is 1. The topological polar surface area (TPSA) is 94.0 Å². The lowest BCUT2D eigenvalue weighted by atomic mass is 10.3. The lowest BCUT2D eigenvalue weighted by Gasteiger charge is -2.09. The summed E-state index contributed by atoms with van der Waals surface area (Å²) in [7, 11) is 0. The van der Waals surface area contributed by atoms with E-state index in [-0.39, 0.29) is 6.03 Å². The molecular weight excluding hydrogens is 332 g/mol. The molecule has 0 atom stereocenters. The molecule has 0 saturated heterocycles. The molecule has 8 heteroatoms. The first-order valence-electron chi connectivity index (χ1n) is 8.20. The monoisotopic (exact) mass is 352 g/mol. The van der Waals surface area contributed by atoms with Gasteiger partial charge in [-0.1, -0.05) is 0 Å². The first-order chi connectivity index (χ1) is 12.6. The Morgan fingerprint density at radius 3 is 2.27 bits per heavy atom. The molecule has 0 spiro atoms. The van der Waals surface area contributed by atoms with Crippen LogP contribution in [0.25, 0.3) is 5.95 Å². The zero-order valence-corrected chi connectivity index (χ0v) is 14.9. The number of anilines is 2. The molecule has 26 heavy (non-hydrogen) atoms. The van der Waals surface area contributed by atoms with Gasteiger partial charge < -0.3 is 15.4 Å². The summed E-state index contributed by atoms with van der Waals surface area (Å²) in [5.74, 6) is 1.26. The minimum atomic E-state index is -0.375. The van der Waals surface area contributed by atoms with E-state index in [0.717, 1.165) is 17.1 Å². The number of nitrogens with zero attached hydrogens (tertiary/aromatic N) is 4. The SMILES string of the molecule is CCOc1ccc(NC(=O)Nc2cnc(-n3cnc(C)c3C)nc2)cc1. The summed E-state index contributed by atoms with van der Waals surface area (Å²) in [6.07, 6.45) is 4.77. The van der Waals surface area contributed by atoms with Gasteiger partial charge in [-0.25, -0.2) is 19.7 Å². The number of carbonyl (C=O) groups is 1. The van der Waals surface area contributed by atoms with Crippen molar-refractivity contribution in [1.82, 2.24) is 19.5 Å². The number of amides is 2. The van der Waals surface area contributed by atoms with Crippen LogP contribution in [0.4, 0.5) is 16.2 Å². The standard InChI is InChI=1S/C18H20N6O2/c1-4-26-16-7-5-14(6-8-16)22-18(25)23-15-9-19-17(20-10-15)24-11-21-12(2)13(24)3/h5-11H,4H2,1-3H3,(H2,22,23,25). The van der Waals surface area contributed by atoms with E-state index in [9.17, 15) is 4.79 Å². The van der Waals surface area contributed by atoms with Gasteiger partial charge in [0.15, 0.2) is 0 Å². The zero-order valence-electron chi connectivity index (χ0n) is 14.9. The van der Waals surface area contributed by atoms with Crippen molar-refractivity contribution in [3.63, 3.8) is 0 Å². The number of nitrogens with one attached hydrogen (secondary N) is 2. The molecule has 2 heterocycles. The average molecular weight is 352 g/mol. The molecule has 8 nitrogen and oxygen atoms in total. The van der Waals surface area contributed by atoms with Crippen molar-refractivity contribution >= 4 is 17.4 Å². The molecular formula is C18H20N6O2. The summed E-state index contributed by atoms with van der Waals surface area (Å²) in [5.41, 5.74) is 3.05. The fraction of sp³-hybridized carbons (Fsp3) is 0.222. The number of aromatic nitrogens is 4. The van der Waals surface area contributed by atoms with Gasteiger partial charge in [0, 0.05) is 11.4 Å². The van der Waals surface area contributed by atoms with Crippen LogP contribution in [0.2, 0.25) is 0 Å². The summed E-state index contributed by atoms with van der Waals surface area (Å²) in [5, 5.41) is 5.44. The minimum Gasteiger partial charge on any atom is -0.494 e. The number of hydrogen-bond donors (Lipinski definition) is 2. The second-order valence-corrected chi connectivity index (χ2v) is 5.59. The summed E-state index contributed by atoms with van der Waals surface area (Å²) in [4.78, 5) is 24.8. The highest BCUT2D eigenvalue weighted by Crippen LogP contribution is 2.16. The van der Waals surface area contributed by atoms with Crippen molar-refractivity contribution in [2.24, 2.45) is 0 Å². The van der Waals surface area contributed by atoms with Crippen LogP contribution in [0.1, 0.15) is 18.3 Å². The van der Waals surface area contributed by atoms with Crippen LogP contribution < -0.4 is 15.4 Å². The normalized spacial score (nSPS) is 10.4. The van der Waals surface area contributed by atoms with Gasteiger partial charge in [-0.2, -0.15) is 0 Å². The Kier molecular flexibility index (Phi) is 5.12. The molecule has 2 aromatic heterocycles. The molecule has 134 valence electrons. The maximum absolute atomic E-state index is 12.1. The van der Waals surface area contributed by atoms with E-state index in [4.69, 9.17) is 4.74 Å². The van der Waals surface area contributed by atoms with E-state index < -0.39 is 0 Å². The minimum absolute atomic E-state index is 0.375. The molecule has 2 amide bonds. The number of imidazole rings is 1. The van der Waals surface area contributed by atoms with E-state index in [1.54, 1.807) is 47.6 Å². The molecule has 0 aliphatic carbocycles. The van der Waals surface area contributed by atoms with Crippen molar-refractivity contribution in [3.8, 4) is 11.7 Å². The molecule has 0 saturated carbocycles. The van der Waals surface area contributed by atoms with Gasteiger partial charge >= 0.3 is 6.03 Å². The molecule has 2 N–H and O–H groups in total. The lowest BCUT2D eigenvalue weighted by Crippen LogP contribution is -2.19. The van der Waals surface area contributed by atoms with Crippen LogP contribution in [0.15, 0.2) is 43.0 Å². The Labute approximate surface area is 151 Å². The van der Waals surface area contributed by atoms with Gasteiger partial charge in [-0.05, 0) is 45.0 Å². The van der Waals surface area contributed by atoms with Gasteiger partial charge in [0.25, 0.3) is 0 Å². The molecule has 0 aliphatic heterocycles. The summed E-state index contributed by atoms with van der Waals surface area (Å²) >= 11 is 0. The molecule has 3 rings (SSSR count). The van der Waals surface area contributed by atoms with E-state index in [1.165, 1.54) is 0 Å². The van der Waals surface area contributed by atoms with E-state index in [2.05, 4.69) is 25.6 Å². The van der Waals surface area contributed by atoms with Crippen molar-refractivity contribution in [2.45, 2.75) is 20.8 Å². The highest BCUT2D eigenvalue weighted by molar-refractivity contribution is 5.99. The van der Waals surface area contributed by atoms with Crippen molar-refractivity contribution in [3.05, 3.63) is 54.4 Å². The van der Waals surface area contributed by atoms with Gasteiger partial charge in [-0.3, -0.25) is 4.57 Å². The first-order valence-corrected chi connectivity index (χ1v) is 8.20. The van der Waals surface area contributed by atoms with Crippen LogP contribution in [0.5, 0.6) is 5.75 Å². The Hall–Kier alpha value is -3.42. The number of aryl methyl sites for hydroxylation is 1. The number of ether oxygens (including phenoxy) is 1. The molecule has 0 aliphatic rings. The third-order valence-electron chi connectivity index (χ3n) is 3.79. The van der Waals surface area contributed by atoms with Crippen molar-refractivity contribution < 1.29 is 9.53 Å². The smallest absolute Gasteiger partial charge is 0.323 e. The molecule has 0 fully saturated rings. The van der Waals surface area contributed by atoms with Gasteiger partial charge in [0.1, 0.15) is 12.1 Å². The predicted molar refractivity (Wildman–Crippen MR) is 98.9 cm³/mol. The fourth-order valence-electron chi connectivity index (χ4n) is 2.31. The van der Waals surface area contributed by atoms with Crippen LogP contribution in [-0.4, -0.2) is 32.2 Å². The van der Waals surface area contributed by atoms with Crippen LogP contribution in [0, 0.1) is 13.8 Å². The number of rotatable bonds is 5. The third kappa shape index (κ3) is 3.97. The summed E-state index contributed by atoms with van der Waals surface area (Å²) in [6.45, 7) is 6.39. The van der Waals surface area contributed by atoms with Crippen LogP contribution in [0.3, 0.4) is 0 Å². The summed E-state index contributed by atoms with van der Waals surface area (Å²) < 4.78 is 7.16. The van der Waals surface area contributed by atoms with Crippen molar-refractivity contribution in [1.29, 1.82) is 0 Å². The number of hydrogen-bond acceptors (Lipinski definition) is 5. The second-order valence-electron chi connectivity index (χ2n) is 5.59. The third-order valence-corrected chi connectivity index (χ3v) is 3.79. The Bertz CT molecular complexity index is 887. The molecule has 0 radical (unpaired) electrons. The van der Waals surface area contributed by atoms with Gasteiger partial charge in [0.05, 0.1) is 30.4 Å². The maximum Gasteiger partial charge on any atom is 0.323 e. The molecule has 0 bridgehead atoms. The highest BCUT2D eigenvalue weighted by atomic mass is 16.5. The molecule has 3 aromatic rings. The molecule has 0 unspecified atom stereocenters. The predicted octanol–water partition coefficient (Wildman–Crippen LogP) is 3.32. The number of benzene rings is 1. The molecule has 1 aromatic carbocycles. The Morgan fingerprint density at radius 1 is 1.04 bits per heavy atom. The second kappa shape index (κ2) is 7.64. The van der Waals surface area contributed by atoms with E-state index in [1.807, 2.05) is 20.8 Å². The van der Waals surface area contributed by atoms with Crippen molar-refractivity contribution in [2.75, 3.05) is 17.2 Å². The zero-order chi connectivity index (χ0) is 18.5.